The molecule has 2 aliphatic carbocycles. The highest BCUT2D eigenvalue weighted by Crippen LogP contribution is 2.47. The summed E-state index contributed by atoms with van der Waals surface area (Å²) in [4.78, 5) is 72.0. The number of allylic oxidation sites excluding steroid dienone is 1. The topological polar surface area (TPSA) is 181 Å². The zero-order chi connectivity index (χ0) is 38.5. The molecule has 5 aliphatic rings. The van der Waals surface area contributed by atoms with Gasteiger partial charge in [0.15, 0.2) is 0 Å². The van der Waals surface area contributed by atoms with Gasteiger partial charge in [0.25, 0.3) is 5.91 Å². The average Bonchev–Trinajstić information content (AvgIpc) is 3.97. The van der Waals surface area contributed by atoms with Crippen molar-refractivity contribution in [1.82, 2.24) is 25.2 Å². The van der Waals surface area contributed by atoms with E-state index < -0.39 is 74.3 Å². The minimum Gasteiger partial charge on any atom is -0.449 e. The lowest BCUT2D eigenvalue weighted by molar-refractivity contribution is -0.143. The molecular weight excluding hydrogens is 703 g/mol. The Bertz CT molecular complexity index is 1800. The Labute approximate surface area is 311 Å². The Morgan fingerprint density at radius 2 is 1.83 bits per heavy atom. The number of benzene rings is 1. The van der Waals surface area contributed by atoms with Crippen LogP contribution in [0.5, 0.6) is 0 Å². The van der Waals surface area contributed by atoms with Crippen LogP contribution in [0.3, 0.4) is 0 Å². The molecule has 1 aromatic carbocycles. The van der Waals surface area contributed by atoms with Crippen LogP contribution in [0.4, 0.5) is 9.59 Å². The molecule has 6 rings (SSSR count). The van der Waals surface area contributed by atoms with E-state index in [-0.39, 0.29) is 37.3 Å². The molecule has 1 aromatic rings. The zero-order valence-electron chi connectivity index (χ0n) is 31.5. The van der Waals surface area contributed by atoms with Gasteiger partial charge in [-0.05, 0) is 65.5 Å². The molecule has 4 bridgehead atoms. The zero-order valence-corrected chi connectivity index (χ0v) is 32.3. The number of fused-ring (bicyclic) bond motifs is 3. The predicted molar refractivity (Wildman–Crippen MR) is 195 cm³/mol. The van der Waals surface area contributed by atoms with Crippen molar-refractivity contribution < 1.29 is 41.9 Å². The maximum absolute atomic E-state index is 14.5. The van der Waals surface area contributed by atoms with Gasteiger partial charge in [0.05, 0.1) is 24.9 Å². The lowest BCUT2D eigenvalue weighted by Gasteiger charge is -2.35. The molecule has 3 heterocycles. The third-order valence-electron chi connectivity index (χ3n) is 11.2. The van der Waals surface area contributed by atoms with Crippen LogP contribution in [-0.4, -0.2) is 90.3 Å². The highest BCUT2D eigenvalue weighted by atomic mass is 32.2. The van der Waals surface area contributed by atoms with Crippen molar-refractivity contribution in [2.75, 3.05) is 13.2 Å². The molecule has 15 heteroatoms. The first-order valence-corrected chi connectivity index (χ1v) is 20.2. The van der Waals surface area contributed by atoms with Crippen molar-refractivity contribution in [2.24, 2.45) is 16.7 Å². The van der Waals surface area contributed by atoms with E-state index in [0.29, 0.717) is 32.4 Å². The maximum Gasteiger partial charge on any atom is 0.410 e. The van der Waals surface area contributed by atoms with Gasteiger partial charge in [0.2, 0.25) is 21.8 Å². The SMILES string of the molecule is CC[C@@H]1C[C@]1(NC(=O)[C@@H]1C[C@@H]2CN1C(=O)[C@H](C(C)(C)C)NC(=O)OCC(C)(C)CC/C=C/c1cccc3c1CN(C3)C(=O)O2)C(=O)NS(=O)(=O)C1CC1. The number of sulfonamides is 1. The normalized spacial score (nSPS) is 29.7. The number of rotatable bonds is 6. The van der Waals surface area contributed by atoms with Crippen molar-refractivity contribution in [1.29, 1.82) is 0 Å². The number of cyclic esters (lactones) is 1. The summed E-state index contributed by atoms with van der Waals surface area (Å²) in [5.74, 6) is -2.36. The van der Waals surface area contributed by atoms with Gasteiger partial charge in [-0.15, -0.1) is 0 Å². The molecular formula is C38H53N5O9S. The number of hydrogen-bond acceptors (Lipinski definition) is 9. The van der Waals surface area contributed by atoms with Crippen LogP contribution in [-0.2, 0) is 47.0 Å². The van der Waals surface area contributed by atoms with E-state index in [9.17, 15) is 32.4 Å². The van der Waals surface area contributed by atoms with Crippen molar-refractivity contribution in [3.05, 3.63) is 41.0 Å². The Hall–Kier alpha value is -4.14. The van der Waals surface area contributed by atoms with Crippen LogP contribution in [0, 0.1) is 16.7 Å². The Morgan fingerprint density at radius 3 is 2.49 bits per heavy atom. The first kappa shape index (κ1) is 38.6. The first-order valence-electron chi connectivity index (χ1n) is 18.7. The fourth-order valence-corrected chi connectivity index (χ4v) is 8.98. The number of alkyl carbamates (subject to hydrolysis) is 1. The fourth-order valence-electron chi connectivity index (χ4n) is 7.61. The lowest BCUT2D eigenvalue weighted by atomic mass is 9.85. The monoisotopic (exact) mass is 755 g/mol. The highest BCUT2D eigenvalue weighted by molar-refractivity contribution is 7.91. The summed E-state index contributed by atoms with van der Waals surface area (Å²) in [6.07, 6.45) is 4.94. The van der Waals surface area contributed by atoms with Crippen LogP contribution in [0.15, 0.2) is 24.3 Å². The van der Waals surface area contributed by atoms with Crippen molar-refractivity contribution in [2.45, 2.75) is 129 Å². The molecule has 3 fully saturated rings. The van der Waals surface area contributed by atoms with Gasteiger partial charge in [-0.1, -0.05) is 78.3 Å². The molecule has 290 valence electrons. The number of carbonyl (C=O) groups excluding carboxylic acids is 5. The summed E-state index contributed by atoms with van der Waals surface area (Å²) in [6, 6.07) is 3.61. The quantitative estimate of drug-likeness (QED) is 0.387. The Balaban J connectivity index is 1.29. The molecule has 53 heavy (non-hydrogen) atoms. The van der Waals surface area contributed by atoms with Gasteiger partial charge in [-0.2, -0.15) is 0 Å². The van der Waals surface area contributed by atoms with Gasteiger partial charge in [0.1, 0.15) is 23.7 Å². The average molecular weight is 756 g/mol. The van der Waals surface area contributed by atoms with Crippen molar-refractivity contribution >= 4 is 46.0 Å². The summed E-state index contributed by atoms with van der Waals surface area (Å²) in [5, 5.41) is 4.93. The third kappa shape index (κ3) is 8.34. The van der Waals surface area contributed by atoms with Gasteiger partial charge in [0, 0.05) is 13.0 Å². The van der Waals surface area contributed by atoms with Crippen LogP contribution in [0.25, 0.3) is 6.08 Å². The Morgan fingerprint density at radius 1 is 1.09 bits per heavy atom. The van der Waals surface area contributed by atoms with E-state index in [1.165, 1.54) is 4.90 Å². The maximum atomic E-state index is 14.5. The number of carbonyl (C=O) groups is 5. The summed E-state index contributed by atoms with van der Waals surface area (Å²) >= 11 is 0. The largest absolute Gasteiger partial charge is 0.449 e. The molecule has 5 amide bonds. The van der Waals surface area contributed by atoms with Crippen LogP contribution in [0.1, 0.15) is 103 Å². The number of amides is 5. The molecule has 3 aliphatic heterocycles. The van der Waals surface area contributed by atoms with E-state index >= 15 is 0 Å². The second-order valence-corrected chi connectivity index (χ2v) is 19.1. The molecule has 0 spiro atoms. The molecule has 3 N–H and O–H groups in total. The first-order chi connectivity index (χ1) is 24.8. The molecule has 0 radical (unpaired) electrons. The lowest BCUT2D eigenvalue weighted by Crippen LogP contribution is -2.60. The summed E-state index contributed by atoms with van der Waals surface area (Å²) in [5.41, 5.74) is 0.357. The number of ether oxygens (including phenoxy) is 2. The van der Waals surface area contributed by atoms with Gasteiger partial charge < -0.3 is 25.0 Å². The van der Waals surface area contributed by atoms with E-state index in [1.54, 1.807) is 25.7 Å². The third-order valence-corrected chi connectivity index (χ3v) is 13.0. The van der Waals surface area contributed by atoms with Crippen LogP contribution < -0.4 is 15.4 Å². The molecule has 0 aromatic heterocycles. The molecule has 0 unspecified atom stereocenters. The second kappa shape index (κ2) is 14.3. The van der Waals surface area contributed by atoms with Gasteiger partial charge in [-0.25, -0.2) is 18.0 Å². The van der Waals surface area contributed by atoms with E-state index in [4.69, 9.17) is 9.47 Å². The number of hydrogen-bond donors (Lipinski definition) is 3. The number of nitrogens with one attached hydrogen (secondary N) is 3. The van der Waals surface area contributed by atoms with E-state index in [2.05, 4.69) is 21.4 Å². The Kier molecular flexibility index (Phi) is 10.4. The summed E-state index contributed by atoms with van der Waals surface area (Å²) < 4.78 is 39.2. The van der Waals surface area contributed by atoms with Gasteiger partial charge >= 0.3 is 12.2 Å². The van der Waals surface area contributed by atoms with Gasteiger partial charge in [-0.3, -0.25) is 24.0 Å². The van der Waals surface area contributed by atoms with E-state index in [0.717, 1.165) is 29.5 Å². The minimum absolute atomic E-state index is 0.0670. The van der Waals surface area contributed by atoms with Crippen molar-refractivity contribution in [3.63, 3.8) is 0 Å². The van der Waals surface area contributed by atoms with E-state index in [1.807, 2.05) is 45.0 Å². The molecule has 14 nitrogen and oxygen atoms in total. The summed E-state index contributed by atoms with van der Waals surface area (Å²) in [7, 11) is -3.88. The highest BCUT2D eigenvalue weighted by Gasteiger charge is 2.62. The van der Waals surface area contributed by atoms with Crippen molar-refractivity contribution in [3.8, 4) is 0 Å². The summed E-state index contributed by atoms with van der Waals surface area (Å²) in [6.45, 7) is 11.8. The van der Waals surface area contributed by atoms with Crippen LogP contribution >= 0.6 is 0 Å². The fraction of sp³-hybridized carbons (Fsp3) is 0.658. The number of nitrogens with zero attached hydrogens (tertiary/aromatic N) is 2. The molecule has 5 atom stereocenters. The smallest absolute Gasteiger partial charge is 0.410 e. The molecule has 2 saturated carbocycles. The molecule has 1 saturated heterocycles. The second-order valence-electron chi connectivity index (χ2n) is 17.2. The van der Waals surface area contributed by atoms with Crippen LogP contribution in [0.2, 0.25) is 0 Å². The minimum atomic E-state index is -3.88. The standard InChI is InChI=1S/C38H53N5O9S/c1-7-25-18-38(25,33(46)41-53(49,50)27-14-15-27)40-31(44)29-17-26-20-43(29)32(45)30(36(2,3)4)39-34(47)51-22-37(5,6)16-9-8-11-23-12-10-13-24-19-42(21-28(23)24)35(48)52-26/h8,10-13,25-27,29-30H,7,9,14-22H2,1-6H3,(H,39,47)(H,40,44)(H,41,46)/b11-8+/t25-,26-,29+,30-,38-/m1/s1. The predicted octanol–water partition coefficient (Wildman–Crippen LogP) is 3.98.